The van der Waals surface area contributed by atoms with Crippen LogP contribution in [0, 0.1) is 0 Å². The third kappa shape index (κ3) is 4.30. The lowest BCUT2D eigenvalue weighted by Crippen LogP contribution is -2.47. The highest BCUT2D eigenvalue weighted by Gasteiger charge is 2.08. The minimum absolute atomic E-state index is 0.173. The lowest BCUT2D eigenvalue weighted by molar-refractivity contribution is 0.423. The maximum Gasteiger partial charge on any atom is 0.0938 e. The fourth-order valence-electron chi connectivity index (χ4n) is 1.56. The zero-order valence-corrected chi connectivity index (χ0v) is 10.8. The lowest BCUT2D eigenvalue weighted by Gasteiger charge is -2.20. The van der Waals surface area contributed by atoms with E-state index < -0.39 is 0 Å². The summed E-state index contributed by atoms with van der Waals surface area (Å²) in [6, 6.07) is 10.3. The van der Waals surface area contributed by atoms with Crippen LogP contribution in [-0.2, 0) is 0 Å². The molecule has 1 aromatic rings. The van der Waals surface area contributed by atoms with Gasteiger partial charge in [-0.1, -0.05) is 61.7 Å². The van der Waals surface area contributed by atoms with Crippen molar-refractivity contribution < 1.29 is 0 Å². The monoisotopic (exact) mass is 243 g/mol. The summed E-state index contributed by atoms with van der Waals surface area (Å²) < 4.78 is 0. The van der Waals surface area contributed by atoms with Gasteiger partial charge in [0.05, 0.1) is 6.17 Å². The van der Waals surface area contributed by atoms with Crippen LogP contribution < -0.4 is 16.6 Å². The van der Waals surface area contributed by atoms with Gasteiger partial charge in [0.25, 0.3) is 0 Å². The summed E-state index contributed by atoms with van der Waals surface area (Å²) in [6.07, 6.45) is 4.93. The quantitative estimate of drug-likeness (QED) is 0.391. The highest BCUT2D eigenvalue weighted by atomic mass is 15.4. The van der Waals surface area contributed by atoms with Gasteiger partial charge in [-0.05, 0) is 18.1 Å². The minimum atomic E-state index is -0.313. The van der Waals surface area contributed by atoms with Gasteiger partial charge in [0.2, 0.25) is 0 Å². The number of hydrogen-bond acceptors (Lipinski definition) is 3. The molecule has 1 aromatic carbocycles. The van der Waals surface area contributed by atoms with Gasteiger partial charge in [0, 0.05) is 6.04 Å². The second-order valence-corrected chi connectivity index (χ2v) is 4.01. The Kier molecular flexibility index (Phi) is 6.08. The summed E-state index contributed by atoms with van der Waals surface area (Å²) in [5.74, 6) is 0. The van der Waals surface area contributed by atoms with Crippen molar-refractivity contribution in [3.8, 4) is 0 Å². The second kappa shape index (κ2) is 7.61. The first-order valence-corrected chi connectivity index (χ1v) is 5.95. The van der Waals surface area contributed by atoms with E-state index >= 15 is 0 Å². The Morgan fingerprint density at radius 2 is 1.89 bits per heavy atom. The SMILES string of the molecule is C=C/C=C(\C=C)C(N)NNC(C)c1ccccc1. The second-order valence-electron chi connectivity index (χ2n) is 4.01. The number of allylic oxidation sites excluding steroid dienone is 2. The third-order valence-electron chi connectivity index (χ3n) is 2.66. The molecule has 3 nitrogen and oxygen atoms in total. The van der Waals surface area contributed by atoms with E-state index in [1.807, 2.05) is 24.3 Å². The maximum atomic E-state index is 5.98. The van der Waals surface area contributed by atoms with Gasteiger partial charge in [-0.3, -0.25) is 0 Å². The van der Waals surface area contributed by atoms with E-state index in [1.54, 1.807) is 12.2 Å². The van der Waals surface area contributed by atoms with E-state index in [0.717, 1.165) is 5.57 Å². The summed E-state index contributed by atoms with van der Waals surface area (Å²) in [7, 11) is 0. The molecule has 0 radical (unpaired) electrons. The Balaban J connectivity index is 2.52. The smallest absolute Gasteiger partial charge is 0.0938 e. The van der Waals surface area contributed by atoms with Gasteiger partial charge in [0.1, 0.15) is 0 Å². The summed E-state index contributed by atoms with van der Waals surface area (Å²) in [5, 5.41) is 0. The van der Waals surface area contributed by atoms with Crippen molar-refractivity contribution >= 4 is 0 Å². The molecular formula is C15H21N3. The van der Waals surface area contributed by atoms with Crippen LogP contribution in [0.4, 0.5) is 0 Å². The first kappa shape index (κ1) is 14.4. The molecule has 0 heterocycles. The van der Waals surface area contributed by atoms with Gasteiger partial charge in [-0.25, -0.2) is 10.9 Å². The molecule has 2 unspecified atom stereocenters. The fourth-order valence-corrected chi connectivity index (χ4v) is 1.56. The standard InChI is InChI=1S/C15H21N3/c1-4-9-13(5-2)15(16)18-17-12(3)14-10-7-6-8-11-14/h4-12,15,17-18H,1-2,16H2,3H3/b13-9+. The van der Waals surface area contributed by atoms with Crippen molar-refractivity contribution in [3.63, 3.8) is 0 Å². The van der Waals surface area contributed by atoms with Crippen molar-refractivity contribution in [1.82, 2.24) is 10.9 Å². The minimum Gasteiger partial charge on any atom is -0.311 e. The van der Waals surface area contributed by atoms with Crippen molar-refractivity contribution in [2.24, 2.45) is 5.73 Å². The number of nitrogens with two attached hydrogens (primary N) is 1. The molecular weight excluding hydrogens is 222 g/mol. The summed E-state index contributed by atoms with van der Waals surface area (Å²) >= 11 is 0. The van der Waals surface area contributed by atoms with Crippen LogP contribution in [-0.4, -0.2) is 6.17 Å². The van der Waals surface area contributed by atoms with Gasteiger partial charge in [-0.15, -0.1) is 0 Å². The number of hydrogen-bond donors (Lipinski definition) is 3. The molecule has 0 spiro atoms. The van der Waals surface area contributed by atoms with E-state index in [1.165, 1.54) is 5.56 Å². The first-order chi connectivity index (χ1) is 8.69. The number of hydrazine groups is 1. The van der Waals surface area contributed by atoms with Crippen LogP contribution in [0.2, 0.25) is 0 Å². The zero-order valence-electron chi connectivity index (χ0n) is 10.8. The highest BCUT2D eigenvalue weighted by molar-refractivity contribution is 5.25. The van der Waals surface area contributed by atoms with Crippen LogP contribution >= 0.6 is 0 Å². The van der Waals surface area contributed by atoms with Crippen molar-refractivity contribution in [2.75, 3.05) is 0 Å². The Morgan fingerprint density at radius 1 is 1.22 bits per heavy atom. The van der Waals surface area contributed by atoms with Crippen LogP contribution in [0.15, 0.2) is 67.3 Å². The van der Waals surface area contributed by atoms with Crippen LogP contribution in [0.3, 0.4) is 0 Å². The van der Waals surface area contributed by atoms with E-state index in [9.17, 15) is 0 Å². The summed E-state index contributed by atoms with van der Waals surface area (Å²) in [4.78, 5) is 0. The fraction of sp³-hybridized carbons (Fsp3) is 0.200. The number of rotatable bonds is 7. The topological polar surface area (TPSA) is 50.1 Å². The lowest BCUT2D eigenvalue weighted by atomic mass is 10.1. The van der Waals surface area contributed by atoms with Gasteiger partial charge >= 0.3 is 0 Å². The normalized spacial score (nSPS) is 14.9. The van der Waals surface area contributed by atoms with E-state index in [-0.39, 0.29) is 12.2 Å². The van der Waals surface area contributed by atoms with Crippen molar-refractivity contribution in [3.05, 3.63) is 72.9 Å². The van der Waals surface area contributed by atoms with E-state index in [2.05, 4.69) is 43.1 Å². The molecule has 3 heteroatoms. The largest absolute Gasteiger partial charge is 0.311 e. The predicted molar refractivity (Wildman–Crippen MR) is 77.6 cm³/mol. The van der Waals surface area contributed by atoms with Gasteiger partial charge in [0.15, 0.2) is 0 Å². The molecule has 0 aromatic heterocycles. The van der Waals surface area contributed by atoms with Crippen LogP contribution in [0.1, 0.15) is 18.5 Å². The Morgan fingerprint density at radius 3 is 2.44 bits per heavy atom. The molecule has 18 heavy (non-hydrogen) atoms. The van der Waals surface area contributed by atoms with Crippen LogP contribution in [0.5, 0.6) is 0 Å². The van der Waals surface area contributed by atoms with E-state index in [0.29, 0.717) is 0 Å². The molecule has 4 N–H and O–H groups in total. The maximum absolute atomic E-state index is 5.98. The molecule has 0 amide bonds. The Labute approximate surface area is 109 Å². The molecule has 1 rings (SSSR count). The molecule has 2 atom stereocenters. The Bertz CT molecular complexity index is 409. The molecule has 0 fully saturated rings. The zero-order chi connectivity index (χ0) is 13.4. The molecule has 0 aliphatic heterocycles. The molecule has 0 aliphatic rings. The molecule has 0 aliphatic carbocycles. The highest BCUT2D eigenvalue weighted by Crippen LogP contribution is 2.10. The Hall–Kier alpha value is -1.68. The van der Waals surface area contributed by atoms with Crippen molar-refractivity contribution in [2.45, 2.75) is 19.1 Å². The first-order valence-electron chi connectivity index (χ1n) is 5.95. The summed E-state index contributed by atoms with van der Waals surface area (Å²) in [5.41, 5.74) is 14.3. The molecule has 96 valence electrons. The van der Waals surface area contributed by atoms with Gasteiger partial charge in [-0.2, -0.15) is 0 Å². The van der Waals surface area contributed by atoms with Crippen molar-refractivity contribution in [1.29, 1.82) is 0 Å². The molecule has 0 bridgehead atoms. The molecule has 0 saturated heterocycles. The van der Waals surface area contributed by atoms with Gasteiger partial charge < -0.3 is 5.73 Å². The average molecular weight is 243 g/mol. The average Bonchev–Trinajstić information content (AvgIpc) is 2.42. The third-order valence-corrected chi connectivity index (χ3v) is 2.66. The van der Waals surface area contributed by atoms with E-state index in [4.69, 9.17) is 5.73 Å². The summed E-state index contributed by atoms with van der Waals surface area (Å²) in [6.45, 7) is 9.44. The predicted octanol–water partition coefficient (Wildman–Crippen LogP) is 2.43. The number of nitrogens with one attached hydrogen (secondary N) is 2. The van der Waals surface area contributed by atoms with Crippen LogP contribution in [0.25, 0.3) is 0 Å². The number of benzene rings is 1. The molecule has 0 saturated carbocycles.